The number of ether oxygens (including phenoxy) is 2. The van der Waals surface area contributed by atoms with Crippen molar-refractivity contribution in [3.8, 4) is 17.6 Å². The molecular formula is C19H20N2O3. The van der Waals surface area contributed by atoms with Gasteiger partial charge in [-0.3, -0.25) is 4.79 Å². The molecule has 0 spiro atoms. The zero-order valence-corrected chi connectivity index (χ0v) is 13.7. The number of carbonyl (C=O) groups excluding carboxylic acids is 1. The van der Waals surface area contributed by atoms with E-state index in [2.05, 4.69) is 11.4 Å². The van der Waals surface area contributed by atoms with Crippen molar-refractivity contribution in [2.24, 2.45) is 0 Å². The normalized spacial score (nSPS) is 15.2. The molecule has 0 saturated heterocycles. The highest BCUT2D eigenvalue weighted by atomic mass is 16.5. The third-order valence-corrected chi connectivity index (χ3v) is 4.29. The summed E-state index contributed by atoms with van der Waals surface area (Å²) >= 11 is 0. The van der Waals surface area contributed by atoms with Gasteiger partial charge in [0.25, 0.3) is 5.91 Å². The summed E-state index contributed by atoms with van der Waals surface area (Å²) in [6, 6.07) is 13.8. The zero-order valence-electron chi connectivity index (χ0n) is 13.7. The first-order valence-corrected chi connectivity index (χ1v) is 8.17. The maximum Gasteiger partial charge on any atom is 0.259 e. The molecule has 3 rings (SSSR count). The molecule has 0 atom stereocenters. The molecular weight excluding hydrogens is 304 g/mol. The predicted octanol–water partition coefficient (Wildman–Crippen LogP) is 3.18. The van der Waals surface area contributed by atoms with Crippen LogP contribution in [0, 0.1) is 11.3 Å². The molecule has 124 valence electrons. The average molecular weight is 324 g/mol. The van der Waals surface area contributed by atoms with Crippen LogP contribution in [0.1, 0.15) is 26.2 Å². The molecule has 1 fully saturated rings. The summed E-state index contributed by atoms with van der Waals surface area (Å²) in [5, 5.41) is 13.9. The van der Waals surface area contributed by atoms with E-state index in [1.807, 2.05) is 43.3 Å². The second kappa shape index (κ2) is 6.79. The molecule has 1 amide bonds. The van der Waals surface area contributed by atoms with Gasteiger partial charge in [0, 0.05) is 5.39 Å². The number of carbonyl (C=O) groups is 1. The van der Waals surface area contributed by atoms with E-state index < -0.39 is 5.54 Å². The van der Waals surface area contributed by atoms with Gasteiger partial charge in [0.1, 0.15) is 5.54 Å². The lowest BCUT2D eigenvalue weighted by molar-refractivity contribution is -0.125. The van der Waals surface area contributed by atoms with Crippen LogP contribution < -0.4 is 14.8 Å². The first kappa shape index (κ1) is 16.1. The molecule has 0 aliphatic heterocycles. The van der Waals surface area contributed by atoms with Gasteiger partial charge in [0.2, 0.25) is 0 Å². The minimum atomic E-state index is -0.706. The second-order valence-electron chi connectivity index (χ2n) is 5.93. The van der Waals surface area contributed by atoms with E-state index in [1.165, 1.54) is 0 Å². The van der Waals surface area contributed by atoms with Crippen LogP contribution in [0.15, 0.2) is 36.4 Å². The SMILES string of the molecule is CCOc1ccc2ccccc2c1OCC(=O)NC1(C#N)CCC1. The number of amides is 1. The van der Waals surface area contributed by atoms with Gasteiger partial charge in [0.05, 0.1) is 12.7 Å². The number of benzene rings is 2. The van der Waals surface area contributed by atoms with Gasteiger partial charge in [-0.2, -0.15) is 5.26 Å². The van der Waals surface area contributed by atoms with Gasteiger partial charge in [0.15, 0.2) is 18.1 Å². The highest BCUT2D eigenvalue weighted by Gasteiger charge is 2.38. The molecule has 5 nitrogen and oxygen atoms in total. The molecule has 0 aromatic heterocycles. The Morgan fingerprint density at radius 2 is 2.04 bits per heavy atom. The van der Waals surface area contributed by atoms with Gasteiger partial charge in [-0.1, -0.05) is 30.3 Å². The molecule has 2 aromatic carbocycles. The Hall–Kier alpha value is -2.74. The van der Waals surface area contributed by atoms with E-state index in [0.717, 1.165) is 17.2 Å². The predicted molar refractivity (Wildman–Crippen MR) is 90.9 cm³/mol. The summed E-state index contributed by atoms with van der Waals surface area (Å²) in [6.07, 6.45) is 2.37. The van der Waals surface area contributed by atoms with Crippen LogP contribution in [0.5, 0.6) is 11.5 Å². The quantitative estimate of drug-likeness (QED) is 0.886. The van der Waals surface area contributed by atoms with Crippen LogP contribution in [0.4, 0.5) is 0 Å². The molecule has 24 heavy (non-hydrogen) atoms. The number of hydrogen-bond donors (Lipinski definition) is 1. The van der Waals surface area contributed by atoms with Crippen LogP contribution in [0.2, 0.25) is 0 Å². The van der Waals surface area contributed by atoms with Crippen molar-refractivity contribution >= 4 is 16.7 Å². The molecule has 5 heteroatoms. The molecule has 1 N–H and O–H groups in total. The molecule has 2 aromatic rings. The number of rotatable bonds is 6. The van der Waals surface area contributed by atoms with Crippen molar-refractivity contribution in [1.82, 2.24) is 5.32 Å². The van der Waals surface area contributed by atoms with Crippen molar-refractivity contribution in [2.45, 2.75) is 31.7 Å². The highest BCUT2D eigenvalue weighted by molar-refractivity contribution is 5.91. The molecule has 0 heterocycles. The lowest BCUT2D eigenvalue weighted by atomic mass is 9.78. The van der Waals surface area contributed by atoms with Crippen LogP contribution in [-0.2, 0) is 4.79 Å². The Morgan fingerprint density at radius 1 is 1.25 bits per heavy atom. The number of fused-ring (bicyclic) bond motifs is 1. The minimum absolute atomic E-state index is 0.141. The summed E-state index contributed by atoms with van der Waals surface area (Å²) in [5.41, 5.74) is -0.706. The van der Waals surface area contributed by atoms with Crippen molar-refractivity contribution < 1.29 is 14.3 Å². The minimum Gasteiger partial charge on any atom is -0.490 e. The van der Waals surface area contributed by atoms with Gasteiger partial charge in [-0.15, -0.1) is 0 Å². The van der Waals surface area contributed by atoms with E-state index in [1.54, 1.807) is 0 Å². The molecule has 0 radical (unpaired) electrons. The summed E-state index contributed by atoms with van der Waals surface area (Å²) in [6.45, 7) is 2.27. The van der Waals surface area contributed by atoms with Crippen LogP contribution >= 0.6 is 0 Å². The van der Waals surface area contributed by atoms with E-state index in [0.29, 0.717) is 30.9 Å². The Balaban J connectivity index is 1.77. The van der Waals surface area contributed by atoms with E-state index in [9.17, 15) is 10.1 Å². The van der Waals surface area contributed by atoms with Gasteiger partial charge < -0.3 is 14.8 Å². The third kappa shape index (κ3) is 3.13. The topological polar surface area (TPSA) is 71.3 Å². The largest absolute Gasteiger partial charge is 0.490 e. The fraction of sp³-hybridized carbons (Fsp3) is 0.368. The lowest BCUT2D eigenvalue weighted by Gasteiger charge is -2.35. The van der Waals surface area contributed by atoms with Gasteiger partial charge >= 0.3 is 0 Å². The number of nitrogens with zero attached hydrogens (tertiary/aromatic N) is 1. The Morgan fingerprint density at radius 3 is 2.71 bits per heavy atom. The summed E-state index contributed by atoms with van der Waals surface area (Å²) in [5.74, 6) is 0.888. The standard InChI is InChI=1S/C19H20N2O3/c1-2-23-16-9-8-14-6-3-4-7-15(14)18(16)24-12-17(22)21-19(13-20)10-5-11-19/h3-4,6-9H,2,5,10-12H2,1H3,(H,21,22). The lowest BCUT2D eigenvalue weighted by Crippen LogP contribution is -2.53. The molecule has 0 bridgehead atoms. The summed E-state index contributed by atoms with van der Waals surface area (Å²) in [7, 11) is 0. The van der Waals surface area contributed by atoms with E-state index in [-0.39, 0.29) is 12.5 Å². The van der Waals surface area contributed by atoms with Crippen LogP contribution in [-0.4, -0.2) is 24.7 Å². The smallest absolute Gasteiger partial charge is 0.259 e. The van der Waals surface area contributed by atoms with E-state index >= 15 is 0 Å². The van der Waals surface area contributed by atoms with Crippen LogP contribution in [0.3, 0.4) is 0 Å². The summed E-state index contributed by atoms with van der Waals surface area (Å²) < 4.78 is 11.4. The first-order chi connectivity index (χ1) is 11.7. The molecule has 1 aliphatic rings. The van der Waals surface area contributed by atoms with Crippen LogP contribution in [0.25, 0.3) is 10.8 Å². The average Bonchev–Trinajstić information content (AvgIpc) is 2.57. The fourth-order valence-corrected chi connectivity index (χ4v) is 2.88. The van der Waals surface area contributed by atoms with Crippen molar-refractivity contribution in [2.75, 3.05) is 13.2 Å². The number of nitriles is 1. The van der Waals surface area contributed by atoms with Crippen molar-refractivity contribution in [3.63, 3.8) is 0 Å². The van der Waals surface area contributed by atoms with Crippen molar-refractivity contribution in [1.29, 1.82) is 5.26 Å². The maximum absolute atomic E-state index is 12.2. The maximum atomic E-state index is 12.2. The Bertz CT molecular complexity index is 791. The summed E-state index contributed by atoms with van der Waals surface area (Å²) in [4.78, 5) is 12.2. The number of hydrogen-bond acceptors (Lipinski definition) is 4. The fourth-order valence-electron chi connectivity index (χ4n) is 2.88. The monoisotopic (exact) mass is 324 g/mol. The molecule has 1 saturated carbocycles. The highest BCUT2D eigenvalue weighted by Crippen LogP contribution is 2.36. The Kier molecular flexibility index (Phi) is 4.57. The second-order valence-corrected chi connectivity index (χ2v) is 5.93. The zero-order chi connectivity index (χ0) is 17.0. The Labute approximate surface area is 141 Å². The molecule has 1 aliphatic carbocycles. The third-order valence-electron chi connectivity index (χ3n) is 4.29. The number of nitrogens with one attached hydrogen (secondary N) is 1. The van der Waals surface area contributed by atoms with Crippen molar-refractivity contribution in [3.05, 3.63) is 36.4 Å². The van der Waals surface area contributed by atoms with Gasteiger partial charge in [-0.05, 0) is 37.6 Å². The molecule has 0 unspecified atom stereocenters. The van der Waals surface area contributed by atoms with E-state index in [4.69, 9.17) is 9.47 Å². The van der Waals surface area contributed by atoms with Gasteiger partial charge in [-0.25, -0.2) is 0 Å². The first-order valence-electron chi connectivity index (χ1n) is 8.17.